The van der Waals surface area contributed by atoms with Crippen LogP contribution < -0.4 is 10.2 Å². The van der Waals surface area contributed by atoms with Crippen LogP contribution in [-0.2, 0) is 16.9 Å². The number of anilines is 1. The number of carbonyl (C=O) groups is 2. The number of benzene rings is 1. The first-order valence-corrected chi connectivity index (χ1v) is 21.8. The number of piperazine rings is 1. The monoisotopic (exact) mass is 757 g/mol. The Hall–Kier alpha value is -5.22. The molecule has 6 rings (SSSR count). The van der Waals surface area contributed by atoms with Crippen molar-refractivity contribution in [3.05, 3.63) is 72.0 Å². The van der Waals surface area contributed by atoms with E-state index in [2.05, 4.69) is 50.0 Å². The molecule has 5 aromatic rings. The lowest BCUT2D eigenvalue weighted by Crippen LogP contribution is -2.53. The molecule has 4 aromatic heterocycles. The number of fused-ring (bicyclic) bond motifs is 1. The zero-order chi connectivity index (χ0) is 38.9. The van der Waals surface area contributed by atoms with Crippen molar-refractivity contribution < 1.29 is 28.3 Å². The topological polar surface area (TPSA) is 165 Å². The zero-order valence-corrected chi connectivity index (χ0v) is 33.1. The molecule has 286 valence electrons. The summed E-state index contributed by atoms with van der Waals surface area (Å²) in [4.78, 5) is 46.1. The second-order valence-corrected chi connectivity index (χ2v) is 21.7. The smallest absolute Gasteiger partial charge is 0.407 e. The van der Waals surface area contributed by atoms with Gasteiger partial charge in [0, 0.05) is 74.0 Å². The molecule has 1 aliphatic rings. The summed E-state index contributed by atoms with van der Waals surface area (Å²) >= 11 is 0. The van der Waals surface area contributed by atoms with Crippen molar-refractivity contribution in [2.24, 2.45) is 0 Å². The summed E-state index contributed by atoms with van der Waals surface area (Å²) in [6.07, 6.45) is 2.35. The number of rotatable bonds is 11. The van der Waals surface area contributed by atoms with Crippen LogP contribution in [-0.4, -0.2) is 92.0 Å². The second-order valence-electron chi connectivity index (χ2n) is 16.0. The summed E-state index contributed by atoms with van der Waals surface area (Å²) in [6.45, 7) is 18.5. The number of carboxylic acid groups (broad SMARTS) is 1. The van der Waals surface area contributed by atoms with Gasteiger partial charge in [-0.1, -0.05) is 57.7 Å². The average Bonchev–Trinajstić information content (AvgIpc) is 3.76. The molecule has 1 unspecified atom stereocenters. The molecule has 2 atom stereocenters. The highest BCUT2D eigenvalue weighted by Gasteiger charge is 2.28. The van der Waals surface area contributed by atoms with Crippen LogP contribution in [0, 0.1) is 5.82 Å². The minimum atomic E-state index is -1.33. The molecular formula is C38H48FN9O5Si. The van der Waals surface area contributed by atoms with E-state index in [9.17, 15) is 14.7 Å². The SMILES string of the molecule is CC(NC(=O)c1nc(C(C)(C)C)no1)c1ccc(-c2ncnc3c2cc(-c2ccc(N4CCN(C(=O)O)C[C@@H]4C)nc2)n3COCC[Si](C)(C)C)cc1F. The Bertz CT molecular complexity index is 2140. The van der Waals surface area contributed by atoms with Gasteiger partial charge in [-0.2, -0.15) is 4.98 Å². The number of hydrogen-bond donors (Lipinski definition) is 2. The van der Waals surface area contributed by atoms with Gasteiger partial charge in [-0.3, -0.25) is 4.79 Å². The molecule has 14 nitrogen and oxygen atoms in total. The van der Waals surface area contributed by atoms with Crippen molar-refractivity contribution in [3.63, 3.8) is 0 Å². The quantitative estimate of drug-likeness (QED) is 0.106. The van der Waals surface area contributed by atoms with E-state index in [4.69, 9.17) is 14.2 Å². The third-order valence-electron chi connectivity index (χ3n) is 9.52. The number of amides is 2. The molecule has 0 bridgehead atoms. The maximum absolute atomic E-state index is 15.8. The third kappa shape index (κ3) is 8.44. The molecule has 54 heavy (non-hydrogen) atoms. The Morgan fingerprint density at radius 2 is 1.85 bits per heavy atom. The minimum Gasteiger partial charge on any atom is -0.465 e. The lowest BCUT2D eigenvalue weighted by Gasteiger charge is -2.39. The van der Waals surface area contributed by atoms with Gasteiger partial charge in [0.15, 0.2) is 5.82 Å². The molecule has 1 aliphatic heterocycles. The lowest BCUT2D eigenvalue weighted by molar-refractivity contribution is 0.0894. The van der Waals surface area contributed by atoms with E-state index >= 15 is 4.39 Å². The molecule has 16 heteroatoms. The summed E-state index contributed by atoms with van der Waals surface area (Å²) in [5.41, 5.74) is 3.24. The van der Waals surface area contributed by atoms with Crippen molar-refractivity contribution in [2.45, 2.75) is 84.5 Å². The van der Waals surface area contributed by atoms with Crippen LogP contribution in [0.1, 0.15) is 62.7 Å². The van der Waals surface area contributed by atoms with E-state index in [-0.39, 0.29) is 24.2 Å². The van der Waals surface area contributed by atoms with E-state index in [1.165, 1.54) is 17.3 Å². The maximum Gasteiger partial charge on any atom is 0.407 e. The van der Waals surface area contributed by atoms with Crippen molar-refractivity contribution in [1.29, 1.82) is 0 Å². The van der Waals surface area contributed by atoms with Crippen LogP contribution in [0.2, 0.25) is 25.7 Å². The van der Waals surface area contributed by atoms with Crippen molar-refractivity contribution in [3.8, 4) is 22.5 Å². The molecule has 1 fully saturated rings. The molecule has 0 aliphatic carbocycles. The number of aromatic nitrogens is 6. The molecule has 0 spiro atoms. The van der Waals surface area contributed by atoms with Crippen LogP contribution in [0.25, 0.3) is 33.5 Å². The third-order valence-corrected chi connectivity index (χ3v) is 11.2. The molecule has 1 saturated heterocycles. The van der Waals surface area contributed by atoms with E-state index < -0.39 is 37.3 Å². The predicted molar refractivity (Wildman–Crippen MR) is 206 cm³/mol. The Balaban J connectivity index is 1.29. The number of hydrogen-bond acceptors (Lipinski definition) is 10. The highest BCUT2D eigenvalue weighted by Crippen LogP contribution is 2.34. The fourth-order valence-corrected chi connectivity index (χ4v) is 7.12. The minimum absolute atomic E-state index is 0.0322. The first-order valence-electron chi connectivity index (χ1n) is 18.1. The number of ether oxygens (including phenoxy) is 1. The molecule has 5 heterocycles. The van der Waals surface area contributed by atoms with Crippen LogP contribution in [0.3, 0.4) is 0 Å². The number of nitrogens with zero attached hydrogens (tertiary/aromatic N) is 8. The summed E-state index contributed by atoms with van der Waals surface area (Å²) in [5.74, 6) is -0.127. The molecule has 0 saturated carbocycles. The van der Waals surface area contributed by atoms with E-state index in [0.29, 0.717) is 54.4 Å². The second kappa shape index (κ2) is 15.3. The fraction of sp³-hybridized carbons (Fsp3) is 0.447. The summed E-state index contributed by atoms with van der Waals surface area (Å²) < 4.78 is 29.2. The lowest BCUT2D eigenvalue weighted by atomic mass is 9.96. The summed E-state index contributed by atoms with van der Waals surface area (Å²) in [7, 11) is -1.33. The van der Waals surface area contributed by atoms with Gasteiger partial charge in [0.25, 0.3) is 0 Å². The largest absolute Gasteiger partial charge is 0.465 e. The van der Waals surface area contributed by atoms with Gasteiger partial charge in [0.05, 0.1) is 17.4 Å². The van der Waals surface area contributed by atoms with Crippen LogP contribution in [0.5, 0.6) is 0 Å². The van der Waals surface area contributed by atoms with Gasteiger partial charge in [0.2, 0.25) is 0 Å². The maximum atomic E-state index is 15.8. The summed E-state index contributed by atoms with van der Waals surface area (Å²) in [6, 6.07) is 11.0. The predicted octanol–water partition coefficient (Wildman–Crippen LogP) is 6.97. The van der Waals surface area contributed by atoms with Gasteiger partial charge in [0.1, 0.15) is 30.3 Å². The van der Waals surface area contributed by atoms with E-state index in [1.54, 1.807) is 25.3 Å². The first-order chi connectivity index (χ1) is 25.5. The van der Waals surface area contributed by atoms with Crippen LogP contribution >= 0.6 is 0 Å². The van der Waals surface area contributed by atoms with Crippen LogP contribution in [0.4, 0.5) is 15.0 Å². The van der Waals surface area contributed by atoms with Gasteiger partial charge in [-0.05, 0) is 44.2 Å². The Kier molecular flexibility index (Phi) is 10.9. The number of pyridine rings is 1. The van der Waals surface area contributed by atoms with Gasteiger partial charge >= 0.3 is 17.9 Å². The average molecular weight is 758 g/mol. The van der Waals surface area contributed by atoms with E-state index in [1.807, 2.05) is 50.5 Å². The van der Waals surface area contributed by atoms with Crippen molar-refractivity contribution in [1.82, 2.24) is 39.9 Å². The first kappa shape index (κ1) is 38.5. The highest BCUT2D eigenvalue weighted by atomic mass is 28.3. The molecule has 0 radical (unpaired) electrons. The zero-order valence-electron chi connectivity index (χ0n) is 32.1. The Morgan fingerprint density at radius 3 is 2.48 bits per heavy atom. The number of nitrogens with one attached hydrogen (secondary N) is 1. The van der Waals surface area contributed by atoms with Crippen LogP contribution in [0.15, 0.2) is 53.4 Å². The number of carbonyl (C=O) groups excluding carboxylic acids is 1. The summed E-state index contributed by atoms with van der Waals surface area (Å²) in [5, 5.41) is 16.8. The van der Waals surface area contributed by atoms with Crippen molar-refractivity contribution >= 4 is 36.9 Å². The van der Waals surface area contributed by atoms with Gasteiger partial charge in [-0.25, -0.2) is 24.1 Å². The van der Waals surface area contributed by atoms with Crippen molar-refractivity contribution in [2.75, 3.05) is 31.1 Å². The molecule has 2 amide bonds. The van der Waals surface area contributed by atoms with Gasteiger partial charge < -0.3 is 34.1 Å². The molecular weight excluding hydrogens is 710 g/mol. The standard InChI is InChI=1S/C38H48FN9O5Si/c1-23-20-46(37(50)51)13-14-47(23)31-12-10-26(19-40-31)30-18-28-32(41-21-42-33(28)48(30)22-52-15-16-54(6,7)8)25-9-11-27(29(39)17-25)24(2)43-34(49)35-44-36(45-53-35)38(3,4)5/h9-12,17-19,21,23-24H,13-16,20,22H2,1-8H3,(H,43,49)(H,50,51)/t23-,24?/m0/s1. The van der Waals surface area contributed by atoms with E-state index in [0.717, 1.165) is 23.1 Å². The molecule has 1 aromatic carbocycles. The fourth-order valence-electron chi connectivity index (χ4n) is 6.36. The number of halogens is 1. The Morgan fingerprint density at radius 1 is 1.09 bits per heavy atom. The van der Waals surface area contributed by atoms with Gasteiger partial charge in [-0.15, -0.1) is 0 Å². The highest BCUT2D eigenvalue weighted by molar-refractivity contribution is 6.76. The molecule has 2 N–H and O–H groups in total. The normalized spacial score (nSPS) is 15.8. The Labute approximate surface area is 314 Å².